The first kappa shape index (κ1) is 26.7. The predicted octanol–water partition coefficient (Wildman–Crippen LogP) is -4.23. The molecule has 3 amide bonds. The van der Waals surface area contributed by atoms with Crippen molar-refractivity contribution in [1.29, 1.82) is 0 Å². The molecule has 15 nitrogen and oxygen atoms in total. The van der Waals surface area contributed by atoms with Crippen LogP contribution in [-0.2, 0) is 23.9 Å². The van der Waals surface area contributed by atoms with E-state index in [1.54, 1.807) is 0 Å². The van der Waals surface area contributed by atoms with Gasteiger partial charge in [0.25, 0.3) is 11.5 Å². The number of carbonyl (C=O) groups is 3. The van der Waals surface area contributed by atoms with E-state index in [0.717, 1.165) is 28.6 Å². The first-order valence-corrected chi connectivity index (χ1v) is 12.8. The molecule has 0 spiro atoms. The minimum absolute atomic E-state index is 0.0833. The van der Waals surface area contributed by atoms with Crippen molar-refractivity contribution in [3.05, 3.63) is 44.8 Å². The van der Waals surface area contributed by atoms with Gasteiger partial charge in [0, 0.05) is 17.8 Å². The van der Waals surface area contributed by atoms with Gasteiger partial charge in [-0.05, 0) is 6.92 Å². The van der Waals surface area contributed by atoms with Crippen LogP contribution in [0.15, 0.2) is 33.5 Å². The van der Waals surface area contributed by atoms with Gasteiger partial charge in [-0.15, -0.1) is 11.8 Å². The molecule has 0 aliphatic carbocycles. The molecule has 4 aliphatic heterocycles. The van der Waals surface area contributed by atoms with Crippen LogP contribution >= 0.6 is 11.8 Å². The fourth-order valence-electron chi connectivity index (χ4n) is 5.35. The molecule has 0 bridgehead atoms. The molecule has 0 radical (unpaired) electrons. The van der Waals surface area contributed by atoms with E-state index in [4.69, 9.17) is 9.47 Å². The van der Waals surface area contributed by atoms with Gasteiger partial charge in [-0.25, -0.2) is 4.79 Å². The standard InChI is InChI=1S/C22H26N4O11S/c1-7-4-8(19(34)24-18(7)33)16-13(30)12(9(5-27)36-16)26-11(29)6-38-21(26)17-14(31)15(32)20(37-17)25-3-2-10(28)23-22(25)35/h2-4,8-9,12-17,20-21,27,30-32H,5-6H2,1H3,(H,23,28,35)(H,24,33,34)/t8?,9-,12?,13-,14-,15+,16?,17?,20?,21+/m1/s1. The lowest BCUT2D eigenvalue weighted by Crippen LogP contribution is -2.57. The zero-order valence-electron chi connectivity index (χ0n) is 19.9. The number of thioether (sulfide) groups is 1. The quantitative estimate of drug-likeness (QED) is 0.191. The third kappa shape index (κ3) is 4.31. The monoisotopic (exact) mass is 554 g/mol. The summed E-state index contributed by atoms with van der Waals surface area (Å²) in [5.41, 5.74) is -1.31. The summed E-state index contributed by atoms with van der Waals surface area (Å²) >= 11 is 1.06. The van der Waals surface area contributed by atoms with Gasteiger partial charge in [-0.1, -0.05) is 6.08 Å². The summed E-state index contributed by atoms with van der Waals surface area (Å²) in [5, 5.41) is 44.0. The van der Waals surface area contributed by atoms with Crippen LogP contribution in [0.3, 0.4) is 0 Å². The Bertz CT molecular complexity index is 1300. The Morgan fingerprint density at radius 3 is 2.47 bits per heavy atom. The molecule has 1 aromatic heterocycles. The van der Waals surface area contributed by atoms with Gasteiger partial charge < -0.3 is 34.8 Å². The van der Waals surface area contributed by atoms with E-state index in [2.05, 4.69) is 5.32 Å². The molecule has 10 atom stereocenters. The summed E-state index contributed by atoms with van der Waals surface area (Å²) in [4.78, 5) is 64.2. The largest absolute Gasteiger partial charge is 0.394 e. The van der Waals surface area contributed by atoms with Crippen LogP contribution < -0.4 is 16.6 Å². The molecule has 16 heteroatoms. The molecule has 6 N–H and O–H groups in total. The van der Waals surface area contributed by atoms with Crippen LogP contribution in [0.4, 0.5) is 0 Å². The topological polar surface area (TPSA) is 221 Å². The Morgan fingerprint density at radius 2 is 1.79 bits per heavy atom. The van der Waals surface area contributed by atoms with E-state index in [1.807, 2.05) is 4.98 Å². The van der Waals surface area contributed by atoms with Crippen LogP contribution in [0.25, 0.3) is 0 Å². The maximum atomic E-state index is 13.0. The maximum absolute atomic E-state index is 13.0. The molecule has 4 aliphatic rings. The highest BCUT2D eigenvalue weighted by molar-refractivity contribution is 8.01. The number of nitrogens with one attached hydrogen (secondary N) is 2. The molecule has 0 aromatic carbocycles. The Labute approximate surface area is 218 Å². The van der Waals surface area contributed by atoms with Crippen LogP contribution in [0, 0.1) is 5.92 Å². The second kappa shape index (κ2) is 10.0. The Kier molecular flexibility index (Phi) is 7.06. The molecule has 206 valence electrons. The number of amides is 3. The van der Waals surface area contributed by atoms with Crippen LogP contribution in [-0.4, -0.2) is 113 Å². The van der Waals surface area contributed by atoms with Crippen molar-refractivity contribution in [3.63, 3.8) is 0 Å². The Morgan fingerprint density at radius 1 is 1.05 bits per heavy atom. The average molecular weight is 555 g/mol. The van der Waals surface area contributed by atoms with Crippen molar-refractivity contribution in [1.82, 2.24) is 19.8 Å². The molecule has 1 aromatic rings. The SMILES string of the molecule is CC1=CC(C2O[C@H](CO)C(N3C(=O)CS[C@H]3C3OC(n4ccc(=O)[nH]c4=O)[C@@H](O)[C@H]3O)[C@H]2O)C(=O)NC1=O. The van der Waals surface area contributed by atoms with Crippen molar-refractivity contribution in [2.45, 2.75) is 61.2 Å². The number of imide groups is 1. The highest BCUT2D eigenvalue weighted by atomic mass is 32.2. The van der Waals surface area contributed by atoms with Gasteiger partial charge in [0.2, 0.25) is 11.8 Å². The molecule has 5 rings (SSSR count). The molecular weight excluding hydrogens is 528 g/mol. The van der Waals surface area contributed by atoms with Gasteiger partial charge in [-0.2, -0.15) is 0 Å². The first-order valence-electron chi connectivity index (χ1n) is 11.8. The number of aliphatic hydroxyl groups excluding tert-OH is 4. The normalized spacial score (nSPS) is 39.6. The van der Waals surface area contributed by atoms with Gasteiger partial charge in [0.1, 0.15) is 42.0 Å². The second-order valence-electron chi connectivity index (χ2n) is 9.49. The minimum Gasteiger partial charge on any atom is -0.394 e. The zero-order valence-corrected chi connectivity index (χ0v) is 20.7. The fourth-order valence-corrected chi connectivity index (χ4v) is 6.64. The van der Waals surface area contributed by atoms with E-state index < -0.39 is 95.8 Å². The van der Waals surface area contributed by atoms with Gasteiger partial charge >= 0.3 is 5.69 Å². The molecular formula is C22H26N4O11S. The van der Waals surface area contributed by atoms with Crippen LogP contribution in [0.2, 0.25) is 0 Å². The van der Waals surface area contributed by atoms with Crippen LogP contribution in [0.1, 0.15) is 13.2 Å². The van der Waals surface area contributed by atoms with Crippen molar-refractivity contribution in [2.24, 2.45) is 5.92 Å². The number of aromatic nitrogens is 2. The van der Waals surface area contributed by atoms with Crippen LogP contribution in [0.5, 0.6) is 0 Å². The third-order valence-electron chi connectivity index (χ3n) is 7.20. The predicted molar refractivity (Wildman–Crippen MR) is 126 cm³/mol. The van der Waals surface area contributed by atoms with E-state index in [1.165, 1.54) is 17.9 Å². The number of hydrogen-bond donors (Lipinski definition) is 6. The van der Waals surface area contributed by atoms with Gasteiger partial charge in [0.15, 0.2) is 6.23 Å². The number of aliphatic hydroxyl groups is 4. The van der Waals surface area contributed by atoms with Gasteiger partial charge in [-0.3, -0.25) is 34.0 Å². The summed E-state index contributed by atoms with van der Waals surface area (Å²) < 4.78 is 12.6. The Hall–Kier alpha value is -2.86. The lowest BCUT2D eigenvalue weighted by atomic mass is 9.89. The number of nitrogens with zero attached hydrogens (tertiary/aromatic N) is 2. The molecule has 0 saturated carbocycles. The third-order valence-corrected chi connectivity index (χ3v) is 8.45. The smallest absolute Gasteiger partial charge is 0.330 e. The summed E-state index contributed by atoms with van der Waals surface area (Å²) in [5.74, 6) is -2.91. The van der Waals surface area contributed by atoms with Crippen molar-refractivity contribution in [2.75, 3.05) is 12.4 Å². The molecule has 38 heavy (non-hydrogen) atoms. The number of aromatic amines is 1. The highest BCUT2D eigenvalue weighted by Gasteiger charge is 2.58. The molecule has 3 fully saturated rings. The van der Waals surface area contributed by atoms with Gasteiger partial charge in [0.05, 0.1) is 24.3 Å². The number of H-pyrrole nitrogens is 1. The fraction of sp³-hybridized carbons (Fsp3) is 0.591. The second-order valence-corrected chi connectivity index (χ2v) is 10.6. The van der Waals surface area contributed by atoms with E-state index in [9.17, 15) is 44.4 Å². The number of carbonyl (C=O) groups excluding carboxylic acids is 3. The molecule has 3 saturated heterocycles. The van der Waals surface area contributed by atoms with Crippen molar-refractivity contribution < 1.29 is 44.3 Å². The van der Waals surface area contributed by atoms with E-state index in [0.29, 0.717) is 0 Å². The van der Waals surface area contributed by atoms with Crippen molar-refractivity contribution >= 4 is 29.5 Å². The molecule has 5 unspecified atom stereocenters. The van der Waals surface area contributed by atoms with Crippen molar-refractivity contribution in [3.8, 4) is 0 Å². The zero-order chi connectivity index (χ0) is 27.5. The molecule has 5 heterocycles. The summed E-state index contributed by atoms with van der Waals surface area (Å²) in [6.45, 7) is 0.865. The lowest BCUT2D eigenvalue weighted by Gasteiger charge is -2.37. The summed E-state index contributed by atoms with van der Waals surface area (Å²) in [6.07, 6.45) is -7.16. The number of rotatable bonds is 5. The Balaban J connectivity index is 1.43. The number of hydrogen-bond acceptors (Lipinski definition) is 12. The van der Waals surface area contributed by atoms with E-state index >= 15 is 0 Å². The summed E-state index contributed by atoms with van der Waals surface area (Å²) in [7, 11) is 0. The van der Waals surface area contributed by atoms with E-state index in [-0.39, 0.29) is 11.3 Å². The minimum atomic E-state index is -1.61. The maximum Gasteiger partial charge on any atom is 0.330 e. The first-order chi connectivity index (χ1) is 18.0. The average Bonchev–Trinajstić information content (AvgIpc) is 3.49. The summed E-state index contributed by atoms with van der Waals surface area (Å²) in [6, 6.07) is -0.125. The lowest BCUT2D eigenvalue weighted by molar-refractivity contribution is -0.139. The highest BCUT2D eigenvalue weighted by Crippen LogP contribution is 2.43. The number of ether oxygens (including phenoxy) is 2.